The van der Waals surface area contributed by atoms with Gasteiger partial charge in [-0.1, -0.05) is 41.5 Å². The predicted octanol–water partition coefficient (Wildman–Crippen LogP) is 2.95. The average molecular weight is 557 g/mol. The predicted molar refractivity (Wildman–Crippen MR) is 143 cm³/mol. The van der Waals surface area contributed by atoms with Crippen LogP contribution in [0.4, 0.5) is 0 Å². The number of esters is 3. The van der Waals surface area contributed by atoms with Gasteiger partial charge >= 0.3 is 17.9 Å². The zero-order valence-electron chi connectivity index (χ0n) is 24.4. The minimum absolute atomic E-state index is 0.0594. The molecule has 1 aliphatic rings. The molecule has 1 unspecified atom stereocenters. The van der Waals surface area contributed by atoms with E-state index in [9.17, 15) is 24.0 Å². The third-order valence-electron chi connectivity index (χ3n) is 6.45. The van der Waals surface area contributed by atoms with Crippen LogP contribution >= 0.6 is 0 Å². The first-order chi connectivity index (χ1) is 18.5. The second-order valence-electron chi connectivity index (χ2n) is 10.4. The lowest BCUT2D eigenvalue weighted by Crippen LogP contribution is -2.63. The number of hydrogen-bond donors (Lipinski definition) is 2. The highest BCUT2D eigenvalue weighted by atomic mass is 16.7. The van der Waals surface area contributed by atoms with Gasteiger partial charge in [0.2, 0.25) is 12.2 Å². The van der Waals surface area contributed by atoms with Crippen molar-refractivity contribution >= 4 is 29.6 Å². The van der Waals surface area contributed by atoms with Gasteiger partial charge in [0.1, 0.15) is 30.6 Å². The Morgan fingerprint density at radius 2 is 1.41 bits per heavy atom. The van der Waals surface area contributed by atoms with Gasteiger partial charge in [-0.3, -0.25) is 24.0 Å². The van der Waals surface area contributed by atoms with E-state index >= 15 is 0 Å². The average Bonchev–Trinajstić information content (AvgIpc) is 2.86. The molecule has 224 valence electrons. The standard InChI is InChI=1S/C28H48N2O9/c1-7-11-18(31)15-19-25(30-21(32)12-8-2)28(39-23(34)14-10-4)37-20(26(19)38-22(33)13-9-3)16-36-27(35)24(29)17(5)6/h17,19-20,24-26,28H,7-16,29H2,1-6H3,(H,30,32)/t19-,20-,24+,25-,26+,28?/m1/s1. The van der Waals surface area contributed by atoms with Gasteiger partial charge in [-0.15, -0.1) is 0 Å². The number of rotatable bonds is 17. The molecule has 1 amide bonds. The number of Topliss-reactive ketones (excluding diaryl/α,β-unsaturated/α-hetero) is 1. The quantitative estimate of drug-likeness (QED) is 0.201. The summed E-state index contributed by atoms with van der Waals surface area (Å²) in [6.07, 6.45) is -0.490. The molecule has 1 heterocycles. The van der Waals surface area contributed by atoms with Crippen LogP contribution in [0.2, 0.25) is 0 Å². The van der Waals surface area contributed by atoms with Gasteiger partial charge in [0.05, 0.1) is 6.04 Å². The molecule has 0 radical (unpaired) electrons. The summed E-state index contributed by atoms with van der Waals surface area (Å²) < 4.78 is 23.0. The Hall–Kier alpha value is -2.53. The van der Waals surface area contributed by atoms with Crippen LogP contribution in [0.15, 0.2) is 0 Å². The molecule has 0 saturated carbocycles. The number of hydrogen-bond acceptors (Lipinski definition) is 10. The molecule has 1 rings (SSSR count). The van der Waals surface area contributed by atoms with Crippen molar-refractivity contribution in [3.63, 3.8) is 0 Å². The van der Waals surface area contributed by atoms with E-state index in [0.29, 0.717) is 25.7 Å². The van der Waals surface area contributed by atoms with E-state index in [2.05, 4.69) is 5.32 Å². The zero-order chi connectivity index (χ0) is 29.5. The monoisotopic (exact) mass is 556 g/mol. The third kappa shape index (κ3) is 11.6. The summed E-state index contributed by atoms with van der Waals surface area (Å²) in [7, 11) is 0. The molecule has 11 heteroatoms. The molecule has 3 N–H and O–H groups in total. The van der Waals surface area contributed by atoms with Crippen LogP contribution < -0.4 is 11.1 Å². The van der Waals surface area contributed by atoms with Crippen LogP contribution in [-0.4, -0.2) is 66.8 Å². The lowest BCUT2D eigenvalue weighted by Gasteiger charge is -2.45. The SMILES string of the molecule is CCCC(=O)C[C@H]1[C@H](OC(=O)CCC)[C@@H](COC(=O)[C@@H](N)C(C)C)OC(OC(=O)CCC)[C@@H]1NC(=O)CCC. The van der Waals surface area contributed by atoms with Gasteiger partial charge in [-0.25, -0.2) is 0 Å². The minimum atomic E-state index is -1.28. The summed E-state index contributed by atoms with van der Waals surface area (Å²) in [6, 6.07) is -1.84. The maximum Gasteiger partial charge on any atom is 0.323 e. The Labute approximate surface area is 232 Å². The molecule has 0 aromatic carbocycles. The molecule has 0 aromatic heterocycles. The Balaban J connectivity index is 3.49. The van der Waals surface area contributed by atoms with Crippen molar-refractivity contribution in [1.82, 2.24) is 5.32 Å². The maximum atomic E-state index is 12.9. The smallest absolute Gasteiger partial charge is 0.323 e. The van der Waals surface area contributed by atoms with Gasteiger partial charge in [-0.2, -0.15) is 0 Å². The molecule has 39 heavy (non-hydrogen) atoms. The molecule has 6 atom stereocenters. The van der Waals surface area contributed by atoms with Gasteiger partial charge in [-0.05, 0) is 31.6 Å². The largest absolute Gasteiger partial charge is 0.462 e. The number of ether oxygens (including phenoxy) is 4. The first-order valence-electron chi connectivity index (χ1n) is 14.3. The van der Waals surface area contributed by atoms with Crippen LogP contribution in [0, 0.1) is 11.8 Å². The third-order valence-corrected chi connectivity index (χ3v) is 6.45. The molecule has 1 aliphatic heterocycles. The second kappa shape index (κ2) is 17.9. The number of carbonyl (C=O) groups is 5. The molecule has 1 saturated heterocycles. The summed E-state index contributed by atoms with van der Waals surface area (Å²) >= 11 is 0. The summed E-state index contributed by atoms with van der Waals surface area (Å²) in [6.45, 7) is 10.6. The molecule has 1 fully saturated rings. The number of amides is 1. The normalized spacial score (nSPS) is 23.5. The van der Waals surface area contributed by atoms with E-state index in [0.717, 1.165) is 0 Å². The van der Waals surface area contributed by atoms with Crippen molar-refractivity contribution < 1.29 is 42.9 Å². The lowest BCUT2D eigenvalue weighted by atomic mass is 9.82. The number of nitrogens with two attached hydrogens (primary N) is 1. The summed E-state index contributed by atoms with van der Waals surface area (Å²) in [5.41, 5.74) is 5.93. The minimum Gasteiger partial charge on any atom is -0.462 e. The lowest BCUT2D eigenvalue weighted by molar-refractivity contribution is -0.259. The molecule has 0 aromatic rings. The van der Waals surface area contributed by atoms with E-state index in [1.165, 1.54) is 0 Å². The van der Waals surface area contributed by atoms with E-state index < -0.39 is 54.4 Å². The molecule has 0 aliphatic carbocycles. The van der Waals surface area contributed by atoms with Crippen LogP contribution in [-0.2, 0) is 42.9 Å². The molecular formula is C28H48N2O9. The van der Waals surface area contributed by atoms with E-state index in [-0.39, 0.29) is 56.3 Å². The highest BCUT2D eigenvalue weighted by molar-refractivity contribution is 5.80. The second-order valence-corrected chi connectivity index (χ2v) is 10.4. The number of carbonyl (C=O) groups excluding carboxylic acids is 5. The topological polar surface area (TPSA) is 160 Å². The first kappa shape index (κ1) is 34.5. The zero-order valence-corrected chi connectivity index (χ0v) is 24.4. The first-order valence-corrected chi connectivity index (χ1v) is 14.3. The van der Waals surface area contributed by atoms with E-state index in [4.69, 9.17) is 24.7 Å². The fourth-order valence-corrected chi connectivity index (χ4v) is 4.30. The van der Waals surface area contributed by atoms with Gasteiger partial charge < -0.3 is 30.0 Å². The Kier molecular flexibility index (Phi) is 15.9. The summed E-state index contributed by atoms with van der Waals surface area (Å²) in [5, 5.41) is 2.86. The Morgan fingerprint density at radius 1 is 0.846 bits per heavy atom. The van der Waals surface area contributed by atoms with Crippen molar-refractivity contribution in [2.24, 2.45) is 17.6 Å². The Bertz CT molecular complexity index is 817. The van der Waals surface area contributed by atoms with Gasteiger partial charge in [0.25, 0.3) is 0 Å². The van der Waals surface area contributed by atoms with Gasteiger partial charge in [0, 0.05) is 38.0 Å². The van der Waals surface area contributed by atoms with Crippen molar-refractivity contribution in [2.45, 2.75) is 130 Å². The summed E-state index contributed by atoms with van der Waals surface area (Å²) in [5.74, 6) is -3.12. The van der Waals surface area contributed by atoms with Crippen molar-refractivity contribution in [3.8, 4) is 0 Å². The van der Waals surface area contributed by atoms with E-state index in [1.54, 1.807) is 13.8 Å². The fraction of sp³-hybridized carbons (Fsp3) is 0.821. The fourth-order valence-electron chi connectivity index (χ4n) is 4.30. The molecule has 11 nitrogen and oxygen atoms in total. The number of ketones is 1. The number of nitrogens with one attached hydrogen (secondary N) is 1. The highest BCUT2D eigenvalue weighted by Gasteiger charge is 2.51. The van der Waals surface area contributed by atoms with Crippen molar-refractivity contribution in [1.29, 1.82) is 0 Å². The molecule has 0 bridgehead atoms. The van der Waals surface area contributed by atoms with Crippen LogP contribution in [0.5, 0.6) is 0 Å². The highest BCUT2D eigenvalue weighted by Crippen LogP contribution is 2.33. The van der Waals surface area contributed by atoms with Crippen LogP contribution in [0.1, 0.15) is 99.3 Å². The van der Waals surface area contributed by atoms with Crippen LogP contribution in [0.3, 0.4) is 0 Å². The molecular weight excluding hydrogens is 508 g/mol. The summed E-state index contributed by atoms with van der Waals surface area (Å²) in [4.78, 5) is 63.3. The van der Waals surface area contributed by atoms with Crippen LogP contribution in [0.25, 0.3) is 0 Å². The van der Waals surface area contributed by atoms with Crippen molar-refractivity contribution in [3.05, 3.63) is 0 Å². The van der Waals surface area contributed by atoms with Crippen molar-refractivity contribution in [2.75, 3.05) is 6.61 Å². The molecule has 0 spiro atoms. The Morgan fingerprint density at radius 3 is 1.95 bits per heavy atom. The van der Waals surface area contributed by atoms with Gasteiger partial charge in [0.15, 0.2) is 0 Å². The van der Waals surface area contributed by atoms with E-state index in [1.807, 2.05) is 27.7 Å². The maximum absolute atomic E-state index is 12.9.